The van der Waals surface area contributed by atoms with E-state index in [0.717, 1.165) is 35.7 Å². The van der Waals surface area contributed by atoms with Crippen LogP contribution in [0.4, 0.5) is 5.69 Å². The summed E-state index contributed by atoms with van der Waals surface area (Å²) in [6.07, 6.45) is 0. The molecule has 29 heavy (non-hydrogen) atoms. The van der Waals surface area contributed by atoms with Crippen molar-refractivity contribution in [3.8, 4) is 5.75 Å². The van der Waals surface area contributed by atoms with Crippen molar-refractivity contribution in [1.29, 1.82) is 0 Å². The van der Waals surface area contributed by atoms with Gasteiger partial charge in [0.2, 0.25) is 5.91 Å². The number of methoxy groups -OCH3 is 1. The number of benzene rings is 3. The third-order valence-corrected chi connectivity index (χ3v) is 5.53. The lowest BCUT2D eigenvalue weighted by molar-refractivity contribution is -0.132. The van der Waals surface area contributed by atoms with Gasteiger partial charge in [-0.3, -0.25) is 4.79 Å². The Kier molecular flexibility index (Phi) is 5.80. The lowest BCUT2D eigenvalue weighted by atomic mass is 9.90. The molecule has 0 radical (unpaired) electrons. The molecule has 0 aromatic heterocycles. The second-order valence-electron chi connectivity index (χ2n) is 7.24. The average molecular weight is 386 g/mol. The van der Waals surface area contributed by atoms with Crippen LogP contribution in [-0.2, 0) is 4.79 Å². The van der Waals surface area contributed by atoms with E-state index in [9.17, 15) is 4.79 Å². The lowest BCUT2D eigenvalue weighted by Crippen LogP contribution is -2.50. The van der Waals surface area contributed by atoms with Crippen LogP contribution >= 0.6 is 0 Å². The standard InChI is InChI=1S/C25H26N2O2/c1-29-23-15-9-8-14-22(23)26-16-18-27(19-17-26)25(28)24(20-10-4-2-5-11-20)21-12-6-3-7-13-21/h2-15,24H,16-19H2,1H3. The van der Waals surface area contributed by atoms with Gasteiger partial charge in [0, 0.05) is 26.2 Å². The normalized spacial score (nSPS) is 14.1. The van der Waals surface area contributed by atoms with Crippen LogP contribution in [0.5, 0.6) is 5.75 Å². The molecule has 1 heterocycles. The Bertz CT molecular complexity index is 896. The van der Waals surface area contributed by atoms with Crippen molar-refractivity contribution >= 4 is 11.6 Å². The number of anilines is 1. The third-order valence-electron chi connectivity index (χ3n) is 5.53. The summed E-state index contributed by atoms with van der Waals surface area (Å²) in [7, 11) is 1.70. The molecule has 4 rings (SSSR count). The van der Waals surface area contributed by atoms with Crippen molar-refractivity contribution in [2.24, 2.45) is 0 Å². The quantitative estimate of drug-likeness (QED) is 0.660. The SMILES string of the molecule is COc1ccccc1N1CCN(C(=O)C(c2ccccc2)c2ccccc2)CC1. The maximum absolute atomic E-state index is 13.5. The minimum Gasteiger partial charge on any atom is -0.495 e. The number of ether oxygens (including phenoxy) is 1. The first kappa shape index (κ1) is 19.1. The van der Waals surface area contributed by atoms with Crippen molar-refractivity contribution < 1.29 is 9.53 Å². The van der Waals surface area contributed by atoms with Crippen LogP contribution in [0, 0.1) is 0 Å². The summed E-state index contributed by atoms with van der Waals surface area (Å²) < 4.78 is 5.50. The predicted octanol–water partition coefficient (Wildman–Crippen LogP) is 4.18. The van der Waals surface area contributed by atoms with E-state index in [1.165, 1.54) is 0 Å². The van der Waals surface area contributed by atoms with E-state index in [0.29, 0.717) is 13.1 Å². The molecule has 3 aromatic rings. The molecular formula is C25H26N2O2. The molecule has 3 aromatic carbocycles. The Balaban J connectivity index is 1.53. The van der Waals surface area contributed by atoms with Crippen LogP contribution < -0.4 is 9.64 Å². The van der Waals surface area contributed by atoms with Crippen LogP contribution in [-0.4, -0.2) is 44.1 Å². The minimum atomic E-state index is -0.268. The van der Waals surface area contributed by atoms with E-state index in [-0.39, 0.29) is 11.8 Å². The molecule has 1 fully saturated rings. The first-order valence-electron chi connectivity index (χ1n) is 10.0. The number of amides is 1. The molecule has 0 aliphatic carbocycles. The van der Waals surface area contributed by atoms with Gasteiger partial charge in [-0.05, 0) is 23.3 Å². The summed E-state index contributed by atoms with van der Waals surface area (Å²) in [5, 5.41) is 0. The molecule has 0 N–H and O–H groups in total. The minimum absolute atomic E-state index is 0.169. The molecular weight excluding hydrogens is 360 g/mol. The van der Waals surface area contributed by atoms with Crippen molar-refractivity contribution in [3.63, 3.8) is 0 Å². The molecule has 1 amide bonds. The molecule has 4 nitrogen and oxygen atoms in total. The first-order valence-corrected chi connectivity index (χ1v) is 10.0. The van der Waals surface area contributed by atoms with E-state index < -0.39 is 0 Å². The summed E-state index contributed by atoms with van der Waals surface area (Å²) in [6.45, 7) is 2.99. The predicted molar refractivity (Wildman–Crippen MR) is 117 cm³/mol. The van der Waals surface area contributed by atoms with Gasteiger partial charge < -0.3 is 14.5 Å². The number of nitrogens with zero attached hydrogens (tertiary/aromatic N) is 2. The number of hydrogen-bond acceptors (Lipinski definition) is 3. The Morgan fingerprint density at radius 1 is 0.759 bits per heavy atom. The number of rotatable bonds is 5. The zero-order chi connectivity index (χ0) is 20.1. The maximum atomic E-state index is 13.5. The van der Waals surface area contributed by atoms with Crippen LogP contribution in [0.25, 0.3) is 0 Å². The van der Waals surface area contributed by atoms with Gasteiger partial charge >= 0.3 is 0 Å². The van der Waals surface area contributed by atoms with E-state index in [4.69, 9.17) is 4.74 Å². The Labute approximate surface area is 172 Å². The molecule has 1 aliphatic rings. The van der Waals surface area contributed by atoms with Crippen LogP contribution in [0.2, 0.25) is 0 Å². The monoisotopic (exact) mass is 386 g/mol. The number of para-hydroxylation sites is 2. The molecule has 1 aliphatic heterocycles. The highest BCUT2D eigenvalue weighted by atomic mass is 16.5. The molecule has 4 heteroatoms. The fourth-order valence-corrected chi connectivity index (χ4v) is 4.01. The van der Waals surface area contributed by atoms with Gasteiger partial charge in [-0.1, -0.05) is 72.8 Å². The maximum Gasteiger partial charge on any atom is 0.234 e. The second kappa shape index (κ2) is 8.82. The number of carbonyl (C=O) groups is 1. The number of hydrogen-bond donors (Lipinski definition) is 0. The smallest absolute Gasteiger partial charge is 0.234 e. The van der Waals surface area contributed by atoms with Gasteiger partial charge in [0.05, 0.1) is 18.7 Å². The van der Waals surface area contributed by atoms with Gasteiger partial charge in [0.25, 0.3) is 0 Å². The topological polar surface area (TPSA) is 32.8 Å². The van der Waals surface area contributed by atoms with Crippen molar-refractivity contribution in [1.82, 2.24) is 4.90 Å². The average Bonchev–Trinajstić information content (AvgIpc) is 2.81. The Hall–Kier alpha value is -3.27. The van der Waals surface area contributed by atoms with E-state index in [1.54, 1.807) is 7.11 Å². The van der Waals surface area contributed by atoms with Crippen LogP contribution in [0.3, 0.4) is 0 Å². The van der Waals surface area contributed by atoms with Crippen molar-refractivity contribution in [2.75, 3.05) is 38.2 Å². The fraction of sp³-hybridized carbons (Fsp3) is 0.240. The summed E-state index contributed by atoms with van der Waals surface area (Å²) in [5.74, 6) is 0.774. The summed E-state index contributed by atoms with van der Waals surface area (Å²) >= 11 is 0. The first-order chi connectivity index (χ1) is 14.3. The van der Waals surface area contributed by atoms with Crippen LogP contribution in [0.15, 0.2) is 84.9 Å². The van der Waals surface area contributed by atoms with Gasteiger partial charge in [-0.2, -0.15) is 0 Å². The van der Waals surface area contributed by atoms with Crippen molar-refractivity contribution in [2.45, 2.75) is 5.92 Å². The summed E-state index contributed by atoms with van der Waals surface area (Å²) in [4.78, 5) is 17.8. The Morgan fingerprint density at radius 3 is 1.83 bits per heavy atom. The molecule has 0 spiro atoms. The molecule has 148 valence electrons. The molecule has 1 saturated heterocycles. The largest absolute Gasteiger partial charge is 0.495 e. The number of carbonyl (C=O) groups excluding carboxylic acids is 1. The lowest BCUT2D eigenvalue weighted by Gasteiger charge is -2.38. The molecule has 0 unspecified atom stereocenters. The van der Waals surface area contributed by atoms with Gasteiger partial charge in [0.1, 0.15) is 5.75 Å². The van der Waals surface area contributed by atoms with Crippen LogP contribution in [0.1, 0.15) is 17.0 Å². The molecule has 0 bridgehead atoms. The van der Waals surface area contributed by atoms with Gasteiger partial charge in [-0.15, -0.1) is 0 Å². The summed E-state index contributed by atoms with van der Waals surface area (Å²) in [6, 6.07) is 28.2. The molecule has 0 atom stereocenters. The third kappa shape index (κ3) is 4.11. The van der Waals surface area contributed by atoms with Gasteiger partial charge in [-0.25, -0.2) is 0 Å². The zero-order valence-electron chi connectivity index (χ0n) is 16.7. The van der Waals surface area contributed by atoms with E-state index in [2.05, 4.69) is 11.0 Å². The summed E-state index contributed by atoms with van der Waals surface area (Å²) in [5.41, 5.74) is 3.16. The zero-order valence-corrected chi connectivity index (χ0v) is 16.7. The van der Waals surface area contributed by atoms with E-state index in [1.807, 2.05) is 83.8 Å². The highest BCUT2D eigenvalue weighted by Crippen LogP contribution is 2.30. The van der Waals surface area contributed by atoms with Crippen molar-refractivity contribution in [3.05, 3.63) is 96.1 Å². The van der Waals surface area contributed by atoms with E-state index >= 15 is 0 Å². The number of piperazine rings is 1. The van der Waals surface area contributed by atoms with Gasteiger partial charge in [0.15, 0.2) is 0 Å². The fourth-order valence-electron chi connectivity index (χ4n) is 4.01. The molecule has 0 saturated carbocycles. The highest BCUT2D eigenvalue weighted by Gasteiger charge is 2.30. The second-order valence-corrected chi connectivity index (χ2v) is 7.24. The Morgan fingerprint density at radius 2 is 1.28 bits per heavy atom. The highest BCUT2D eigenvalue weighted by molar-refractivity contribution is 5.87.